The molecule has 0 amide bonds. The summed E-state index contributed by atoms with van der Waals surface area (Å²) in [7, 11) is 0. The summed E-state index contributed by atoms with van der Waals surface area (Å²) in [5.41, 5.74) is 0. The number of unbranched alkanes of at least 4 members (excludes halogenated alkanes) is 3. The first kappa shape index (κ1) is 10.9. The van der Waals surface area contributed by atoms with Crippen LogP contribution < -0.4 is 5.32 Å². The van der Waals surface area contributed by atoms with Gasteiger partial charge in [-0.2, -0.15) is 0 Å². The zero-order valence-corrected chi connectivity index (χ0v) is 7.05. The Labute approximate surface area is 68.4 Å². The summed E-state index contributed by atoms with van der Waals surface area (Å²) >= 11 is 0. The number of nitrogens with one attached hydrogen (secondary N) is 1. The number of aliphatic hydroxyl groups excluding tert-OH is 2. The van der Waals surface area contributed by atoms with Crippen LogP contribution in [0, 0.1) is 0 Å². The van der Waals surface area contributed by atoms with Gasteiger partial charge in [0.1, 0.15) is 0 Å². The van der Waals surface area contributed by atoms with Crippen LogP contribution in [0.1, 0.15) is 25.7 Å². The normalized spacial score (nSPS) is 10.4. The second-order valence-corrected chi connectivity index (χ2v) is 2.61. The maximum atomic E-state index is 8.46. The van der Waals surface area contributed by atoms with Gasteiger partial charge in [0, 0.05) is 13.2 Å². The second kappa shape index (κ2) is 9.88. The average Bonchev–Trinajstić information content (AvgIpc) is 2.03. The first-order valence-corrected chi connectivity index (χ1v) is 4.34. The van der Waals surface area contributed by atoms with Crippen LogP contribution in [0.15, 0.2) is 0 Å². The molecule has 3 nitrogen and oxygen atoms in total. The van der Waals surface area contributed by atoms with Crippen molar-refractivity contribution in [2.45, 2.75) is 25.7 Å². The maximum absolute atomic E-state index is 8.46. The molecule has 3 N–H and O–H groups in total. The Hall–Kier alpha value is -0.120. The van der Waals surface area contributed by atoms with E-state index in [0.29, 0.717) is 13.2 Å². The third-order valence-corrected chi connectivity index (χ3v) is 1.55. The summed E-state index contributed by atoms with van der Waals surface area (Å²) in [4.78, 5) is 0. The lowest BCUT2D eigenvalue weighted by molar-refractivity contribution is 0.281. The van der Waals surface area contributed by atoms with E-state index in [1.807, 2.05) is 0 Å². The predicted octanol–water partition coefficient (Wildman–Crippen LogP) is 0.121. The SMILES string of the molecule is OCCCCCCNCCO. The van der Waals surface area contributed by atoms with Crippen molar-refractivity contribution in [1.82, 2.24) is 5.32 Å². The minimum Gasteiger partial charge on any atom is -0.396 e. The molecule has 0 rings (SSSR count). The Morgan fingerprint density at radius 3 is 2.09 bits per heavy atom. The largest absolute Gasteiger partial charge is 0.396 e. The Morgan fingerprint density at radius 2 is 1.45 bits per heavy atom. The molecule has 0 heterocycles. The standard InChI is InChI=1S/C8H19NO2/c10-7-4-2-1-3-5-9-6-8-11/h9-11H,1-8H2. The van der Waals surface area contributed by atoms with Crippen molar-refractivity contribution in [2.75, 3.05) is 26.3 Å². The number of rotatable bonds is 8. The van der Waals surface area contributed by atoms with Gasteiger partial charge in [0.2, 0.25) is 0 Å². The van der Waals surface area contributed by atoms with Crippen LogP contribution in [0.2, 0.25) is 0 Å². The summed E-state index contributed by atoms with van der Waals surface area (Å²) in [5.74, 6) is 0. The molecule has 0 aromatic carbocycles. The van der Waals surface area contributed by atoms with Gasteiger partial charge in [-0.25, -0.2) is 0 Å². The minimum absolute atomic E-state index is 0.219. The first-order chi connectivity index (χ1) is 5.41. The average molecular weight is 161 g/mol. The molecule has 0 aliphatic rings. The van der Waals surface area contributed by atoms with Gasteiger partial charge in [-0.15, -0.1) is 0 Å². The molecule has 0 saturated carbocycles. The maximum Gasteiger partial charge on any atom is 0.0555 e. The zero-order valence-electron chi connectivity index (χ0n) is 7.05. The molecule has 0 aliphatic carbocycles. The molecule has 0 bridgehead atoms. The highest BCUT2D eigenvalue weighted by Crippen LogP contribution is 1.96. The topological polar surface area (TPSA) is 52.5 Å². The lowest BCUT2D eigenvalue weighted by Crippen LogP contribution is -2.19. The molecule has 0 atom stereocenters. The van der Waals surface area contributed by atoms with Crippen molar-refractivity contribution in [3.63, 3.8) is 0 Å². The molecule has 0 spiro atoms. The molecule has 0 aromatic rings. The zero-order chi connectivity index (χ0) is 8.36. The molecular weight excluding hydrogens is 142 g/mol. The van der Waals surface area contributed by atoms with E-state index in [4.69, 9.17) is 10.2 Å². The van der Waals surface area contributed by atoms with Crippen molar-refractivity contribution >= 4 is 0 Å². The van der Waals surface area contributed by atoms with E-state index in [0.717, 1.165) is 25.8 Å². The highest BCUT2D eigenvalue weighted by Gasteiger charge is 1.88. The highest BCUT2D eigenvalue weighted by atomic mass is 16.3. The third-order valence-electron chi connectivity index (χ3n) is 1.55. The van der Waals surface area contributed by atoms with Crippen molar-refractivity contribution in [1.29, 1.82) is 0 Å². The second-order valence-electron chi connectivity index (χ2n) is 2.61. The van der Waals surface area contributed by atoms with Crippen LogP contribution in [0.4, 0.5) is 0 Å². The van der Waals surface area contributed by atoms with Crippen LogP contribution >= 0.6 is 0 Å². The Kier molecular flexibility index (Phi) is 9.77. The third kappa shape index (κ3) is 9.88. The summed E-state index contributed by atoms with van der Waals surface area (Å²) in [6.45, 7) is 2.20. The lowest BCUT2D eigenvalue weighted by Gasteiger charge is -2.01. The van der Waals surface area contributed by atoms with Crippen LogP contribution in [0.5, 0.6) is 0 Å². The molecule has 0 aromatic heterocycles. The quantitative estimate of drug-likeness (QED) is 0.443. The molecule has 0 radical (unpaired) electrons. The Balaban J connectivity index is 2.69. The van der Waals surface area contributed by atoms with Crippen molar-refractivity contribution in [3.05, 3.63) is 0 Å². The van der Waals surface area contributed by atoms with E-state index >= 15 is 0 Å². The van der Waals surface area contributed by atoms with Gasteiger partial charge in [0.15, 0.2) is 0 Å². The van der Waals surface area contributed by atoms with Crippen molar-refractivity contribution in [2.24, 2.45) is 0 Å². The molecule has 68 valence electrons. The molecule has 0 fully saturated rings. The van der Waals surface area contributed by atoms with Gasteiger partial charge < -0.3 is 15.5 Å². The Bertz CT molecular complexity index is 61.1. The smallest absolute Gasteiger partial charge is 0.0555 e. The first-order valence-electron chi connectivity index (χ1n) is 4.34. The molecular formula is C8H19NO2. The highest BCUT2D eigenvalue weighted by molar-refractivity contribution is 4.47. The van der Waals surface area contributed by atoms with Gasteiger partial charge in [-0.3, -0.25) is 0 Å². The summed E-state index contributed by atoms with van der Waals surface area (Å²) in [5, 5.41) is 20.0. The van der Waals surface area contributed by atoms with E-state index < -0.39 is 0 Å². The van der Waals surface area contributed by atoms with Crippen molar-refractivity contribution < 1.29 is 10.2 Å². The van der Waals surface area contributed by atoms with Gasteiger partial charge in [0.25, 0.3) is 0 Å². The van der Waals surface area contributed by atoms with E-state index in [2.05, 4.69) is 5.32 Å². The van der Waals surface area contributed by atoms with E-state index in [1.165, 1.54) is 6.42 Å². The molecule has 3 heteroatoms. The number of hydrogen-bond acceptors (Lipinski definition) is 3. The fourth-order valence-electron chi connectivity index (χ4n) is 0.919. The number of aliphatic hydroxyl groups is 2. The van der Waals surface area contributed by atoms with Crippen LogP contribution in [-0.4, -0.2) is 36.5 Å². The summed E-state index contributed by atoms with van der Waals surface area (Å²) in [6.07, 6.45) is 4.33. The minimum atomic E-state index is 0.219. The summed E-state index contributed by atoms with van der Waals surface area (Å²) in [6, 6.07) is 0. The fourth-order valence-corrected chi connectivity index (χ4v) is 0.919. The molecule has 0 unspecified atom stereocenters. The lowest BCUT2D eigenvalue weighted by atomic mass is 10.2. The Morgan fingerprint density at radius 1 is 0.727 bits per heavy atom. The van der Waals surface area contributed by atoms with Gasteiger partial charge >= 0.3 is 0 Å². The van der Waals surface area contributed by atoms with Crippen LogP contribution in [0.25, 0.3) is 0 Å². The van der Waals surface area contributed by atoms with E-state index in [9.17, 15) is 0 Å². The van der Waals surface area contributed by atoms with Crippen molar-refractivity contribution in [3.8, 4) is 0 Å². The molecule has 0 saturated heterocycles. The monoisotopic (exact) mass is 161 g/mol. The van der Waals surface area contributed by atoms with Crippen LogP contribution in [0.3, 0.4) is 0 Å². The van der Waals surface area contributed by atoms with Gasteiger partial charge in [-0.05, 0) is 19.4 Å². The van der Waals surface area contributed by atoms with Gasteiger partial charge in [0.05, 0.1) is 6.61 Å². The molecule has 11 heavy (non-hydrogen) atoms. The number of hydrogen-bond donors (Lipinski definition) is 3. The molecule has 0 aliphatic heterocycles. The van der Waals surface area contributed by atoms with Gasteiger partial charge in [-0.1, -0.05) is 12.8 Å². The summed E-state index contributed by atoms with van der Waals surface area (Å²) < 4.78 is 0. The van der Waals surface area contributed by atoms with E-state index in [-0.39, 0.29) is 6.61 Å². The van der Waals surface area contributed by atoms with E-state index in [1.54, 1.807) is 0 Å². The van der Waals surface area contributed by atoms with Crippen LogP contribution in [-0.2, 0) is 0 Å². The predicted molar refractivity (Wildman–Crippen MR) is 45.5 cm³/mol. The fraction of sp³-hybridized carbons (Fsp3) is 1.00.